The Labute approximate surface area is 168 Å². The number of carbonyl (C=O) groups is 1. The van der Waals surface area contributed by atoms with Gasteiger partial charge in [0, 0.05) is 48.9 Å². The van der Waals surface area contributed by atoms with Crippen molar-refractivity contribution in [2.45, 2.75) is 39.8 Å². The molecule has 150 valence electrons. The average molecular weight is 406 g/mol. The zero-order valence-corrected chi connectivity index (χ0v) is 16.8. The molecule has 0 unspecified atom stereocenters. The SMILES string of the molecule is C1CCOC1.CC(=O)NCc1cc2cc(Cl)c(OCc3cc(C)no3)cc2[nH]1. The number of H-pyrrole nitrogens is 1. The Balaban J connectivity index is 0.000000391. The van der Waals surface area contributed by atoms with Gasteiger partial charge in [0.25, 0.3) is 0 Å². The number of rotatable bonds is 5. The van der Waals surface area contributed by atoms with Crippen LogP contribution in [0.4, 0.5) is 0 Å². The lowest BCUT2D eigenvalue weighted by Crippen LogP contribution is -2.18. The lowest BCUT2D eigenvalue weighted by atomic mass is 10.2. The highest BCUT2D eigenvalue weighted by Crippen LogP contribution is 2.31. The van der Waals surface area contributed by atoms with Gasteiger partial charge in [0.05, 0.1) is 17.3 Å². The van der Waals surface area contributed by atoms with Crippen molar-refractivity contribution in [3.8, 4) is 5.75 Å². The highest BCUT2D eigenvalue weighted by atomic mass is 35.5. The minimum atomic E-state index is -0.0759. The molecule has 0 bridgehead atoms. The van der Waals surface area contributed by atoms with Gasteiger partial charge in [0.1, 0.15) is 12.4 Å². The van der Waals surface area contributed by atoms with Gasteiger partial charge in [-0.15, -0.1) is 0 Å². The number of ether oxygens (including phenoxy) is 2. The molecule has 3 aromatic rings. The van der Waals surface area contributed by atoms with E-state index in [4.69, 9.17) is 25.6 Å². The van der Waals surface area contributed by atoms with Crippen LogP contribution in [0.25, 0.3) is 10.9 Å². The summed E-state index contributed by atoms with van der Waals surface area (Å²) in [6, 6.07) is 7.41. The fourth-order valence-electron chi connectivity index (χ4n) is 2.76. The fourth-order valence-corrected chi connectivity index (χ4v) is 2.99. The maximum atomic E-state index is 11.0. The maximum Gasteiger partial charge on any atom is 0.217 e. The Morgan fingerprint density at radius 2 is 2.07 bits per heavy atom. The van der Waals surface area contributed by atoms with Gasteiger partial charge < -0.3 is 24.3 Å². The van der Waals surface area contributed by atoms with E-state index in [1.165, 1.54) is 19.8 Å². The van der Waals surface area contributed by atoms with Crippen molar-refractivity contribution in [2.75, 3.05) is 13.2 Å². The number of nitrogens with zero attached hydrogens (tertiary/aromatic N) is 1. The summed E-state index contributed by atoms with van der Waals surface area (Å²) in [6.07, 6.45) is 2.56. The van der Waals surface area contributed by atoms with Crippen LogP contribution in [-0.4, -0.2) is 29.3 Å². The summed E-state index contributed by atoms with van der Waals surface area (Å²) >= 11 is 6.26. The van der Waals surface area contributed by atoms with Crippen molar-refractivity contribution in [2.24, 2.45) is 0 Å². The van der Waals surface area contributed by atoms with Gasteiger partial charge in [0.15, 0.2) is 5.76 Å². The van der Waals surface area contributed by atoms with E-state index in [9.17, 15) is 4.79 Å². The van der Waals surface area contributed by atoms with E-state index in [-0.39, 0.29) is 12.5 Å². The van der Waals surface area contributed by atoms with Gasteiger partial charge in [-0.1, -0.05) is 16.8 Å². The first-order valence-corrected chi connectivity index (χ1v) is 9.57. The number of aryl methyl sites for hydroxylation is 1. The number of hydrogen-bond acceptors (Lipinski definition) is 5. The Kier molecular flexibility index (Phi) is 6.95. The normalized spacial score (nSPS) is 13.2. The van der Waals surface area contributed by atoms with E-state index in [1.807, 2.05) is 31.2 Å². The zero-order chi connectivity index (χ0) is 19.9. The third-order valence-corrected chi connectivity index (χ3v) is 4.43. The predicted molar refractivity (Wildman–Crippen MR) is 106 cm³/mol. The summed E-state index contributed by atoms with van der Waals surface area (Å²) in [7, 11) is 0. The van der Waals surface area contributed by atoms with Gasteiger partial charge in [-0.3, -0.25) is 4.79 Å². The molecule has 1 aliphatic heterocycles. The lowest BCUT2D eigenvalue weighted by molar-refractivity contribution is -0.119. The van der Waals surface area contributed by atoms with Crippen molar-refractivity contribution in [3.63, 3.8) is 0 Å². The first-order valence-electron chi connectivity index (χ1n) is 9.19. The Morgan fingerprint density at radius 3 is 2.68 bits per heavy atom. The third-order valence-electron chi connectivity index (χ3n) is 4.13. The van der Waals surface area contributed by atoms with E-state index in [0.29, 0.717) is 23.1 Å². The van der Waals surface area contributed by atoms with Crippen LogP contribution in [0.2, 0.25) is 5.02 Å². The quantitative estimate of drug-likeness (QED) is 0.666. The minimum absolute atomic E-state index is 0.0759. The summed E-state index contributed by atoms with van der Waals surface area (Å²) in [4.78, 5) is 14.2. The van der Waals surface area contributed by atoms with Gasteiger partial charge in [0.2, 0.25) is 5.91 Å². The highest BCUT2D eigenvalue weighted by molar-refractivity contribution is 6.32. The monoisotopic (exact) mass is 405 g/mol. The number of halogens is 1. The van der Waals surface area contributed by atoms with Crippen molar-refractivity contribution in [3.05, 3.63) is 46.4 Å². The number of aromatic amines is 1. The van der Waals surface area contributed by atoms with Gasteiger partial charge >= 0.3 is 0 Å². The summed E-state index contributed by atoms with van der Waals surface area (Å²) in [6.45, 7) is 6.03. The van der Waals surface area contributed by atoms with Crippen LogP contribution in [0.3, 0.4) is 0 Å². The molecular weight excluding hydrogens is 382 g/mol. The molecule has 2 aromatic heterocycles. The van der Waals surface area contributed by atoms with Crippen LogP contribution in [0, 0.1) is 6.92 Å². The third kappa shape index (κ3) is 5.74. The summed E-state index contributed by atoms with van der Waals surface area (Å²) in [5.41, 5.74) is 2.59. The number of fused-ring (bicyclic) bond motifs is 1. The maximum absolute atomic E-state index is 11.0. The zero-order valence-electron chi connectivity index (χ0n) is 16.0. The number of aromatic nitrogens is 2. The smallest absolute Gasteiger partial charge is 0.217 e. The molecule has 8 heteroatoms. The summed E-state index contributed by atoms with van der Waals surface area (Å²) < 4.78 is 15.7. The molecule has 1 fully saturated rings. The Morgan fingerprint density at radius 1 is 1.29 bits per heavy atom. The summed E-state index contributed by atoms with van der Waals surface area (Å²) in [5, 5.41) is 8.03. The highest BCUT2D eigenvalue weighted by Gasteiger charge is 2.09. The molecule has 1 aliphatic rings. The molecular formula is C20H24ClN3O4. The van der Waals surface area contributed by atoms with E-state index < -0.39 is 0 Å². The second-order valence-corrected chi connectivity index (χ2v) is 7.02. The molecule has 2 N–H and O–H groups in total. The molecule has 7 nitrogen and oxygen atoms in total. The number of amides is 1. The minimum Gasteiger partial charge on any atom is -0.484 e. The molecule has 0 spiro atoms. The largest absolute Gasteiger partial charge is 0.484 e. The van der Waals surface area contributed by atoms with Crippen molar-refractivity contribution >= 4 is 28.4 Å². The van der Waals surface area contributed by atoms with Crippen molar-refractivity contribution < 1.29 is 18.8 Å². The van der Waals surface area contributed by atoms with Crippen LogP contribution in [-0.2, 0) is 22.7 Å². The van der Waals surface area contributed by atoms with E-state index in [1.54, 1.807) is 0 Å². The number of nitrogens with one attached hydrogen (secondary N) is 2. The van der Waals surface area contributed by atoms with E-state index in [0.717, 1.165) is 35.5 Å². The van der Waals surface area contributed by atoms with Crippen LogP contribution < -0.4 is 10.1 Å². The standard InChI is InChI=1S/C16H16ClN3O3.C4H8O/c1-9-3-13(23-20-9)8-22-16-6-15-11(5-14(16)17)4-12(19-15)7-18-10(2)21;1-2-4-5-3-1/h3-6,19H,7-8H2,1-2H3,(H,18,21);1-4H2. The average Bonchev–Trinajstić information content (AvgIpc) is 3.40. The molecule has 28 heavy (non-hydrogen) atoms. The van der Waals surface area contributed by atoms with Crippen molar-refractivity contribution in [1.82, 2.24) is 15.5 Å². The molecule has 1 aromatic carbocycles. The molecule has 0 saturated carbocycles. The molecule has 0 aliphatic carbocycles. The summed E-state index contributed by atoms with van der Waals surface area (Å²) in [5.74, 6) is 1.12. The van der Waals surface area contributed by atoms with Crippen LogP contribution in [0.15, 0.2) is 28.8 Å². The van der Waals surface area contributed by atoms with Gasteiger partial charge in [-0.2, -0.15) is 0 Å². The van der Waals surface area contributed by atoms with Gasteiger partial charge in [-0.25, -0.2) is 0 Å². The second kappa shape index (κ2) is 9.61. The first kappa shape index (κ1) is 20.2. The lowest BCUT2D eigenvalue weighted by Gasteiger charge is -2.06. The van der Waals surface area contributed by atoms with Crippen LogP contribution in [0.5, 0.6) is 5.75 Å². The molecule has 0 radical (unpaired) electrons. The topological polar surface area (TPSA) is 89.4 Å². The van der Waals surface area contributed by atoms with Crippen LogP contribution in [0.1, 0.15) is 36.9 Å². The number of hydrogen-bond donors (Lipinski definition) is 2. The molecule has 4 rings (SSSR count). The number of carbonyl (C=O) groups excluding carboxylic acids is 1. The molecule has 1 saturated heterocycles. The number of benzene rings is 1. The Hall–Kier alpha value is -2.51. The van der Waals surface area contributed by atoms with E-state index in [2.05, 4.69) is 15.5 Å². The van der Waals surface area contributed by atoms with E-state index >= 15 is 0 Å². The Bertz CT molecular complexity index is 923. The predicted octanol–water partition coefficient (Wildman–Crippen LogP) is 4.13. The van der Waals surface area contributed by atoms with Gasteiger partial charge in [-0.05, 0) is 31.9 Å². The van der Waals surface area contributed by atoms with Crippen molar-refractivity contribution in [1.29, 1.82) is 0 Å². The second-order valence-electron chi connectivity index (χ2n) is 6.62. The van der Waals surface area contributed by atoms with Crippen LogP contribution >= 0.6 is 11.6 Å². The molecule has 3 heterocycles. The molecule has 1 amide bonds. The molecule has 0 atom stereocenters. The first-order chi connectivity index (χ1) is 13.5. The fraction of sp³-hybridized carbons (Fsp3) is 0.400.